The van der Waals surface area contributed by atoms with Crippen LogP contribution in [-0.4, -0.2) is 25.7 Å². The number of aromatic carboxylic acids is 1. The molecular weight excluding hydrogens is 302 g/mol. The number of aromatic nitrogens is 3. The number of hydrogen-bond donors (Lipinski definition) is 1. The number of hydrogen-bond acceptors (Lipinski definition) is 4. The first-order chi connectivity index (χ1) is 8.66. The first kappa shape index (κ1) is 11.0. The van der Waals surface area contributed by atoms with Crippen molar-refractivity contribution in [3.8, 4) is 11.5 Å². The van der Waals surface area contributed by atoms with E-state index in [1.165, 1.54) is 16.9 Å². The van der Waals surface area contributed by atoms with Crippen LogP contribution in [0.4, 0.5) is 0 Å². The number of nitrogens with zero attached hydrogens (tertiary/aromatic N) is 3. The Kier molecular flexibility index (Phi) is 2.41. The monoisotopic (exact) mass is 307 g/mol. The van der Waals surface area contributed by atoms with Crippen molar-refractivity contribution in [2.75, 3.05) is 0 Å². The molecule has 3 heterocycles. The third-order valence-corrected chi connectivity index (χ3v) is 2.88. The zero-order valence-corrected chi connectivity index (χ0v) is 10.5. The number of halogens is 1. The molecule has 3 aromatic rings. The van der Waals surface area contributed by atoms with Gasteiger partial charge in [-0.15, -0.1) is 0 Å². The maximum absolute atomic E-state index is 11.0. The quantitative estimate of drug-likeness (QED) is 0.786. The molecule has 3 rings (SSSR count). The van der Waals surface area contributed by atoms with Gasteiger partial charge in [-0.3, -0.25) is 0 Å². The van der Waals surface area contributed by atoms with E-state index in [4.69, 9.17) is 9.52 Å². The van der Waals surface area contributed by atoms with Crippen LogP contribution < -0.4 is 0 Å². The van der Waals surface area contributed by atoms with Crippen LogP contribution in [0.5, 0.6) is 0 Å². The van der Waals surface area contributed by atoms with Gasteiger partial charge >= 0.3 is 5.97 Å². The Bertz CT molecular complexity index is 747. The summed E-state index contributed by atoms with van der Waals surface area (Å²) >= 11 is 3.22. The van der Waals surface area contributed by atoms with Gasteiger partial charge in [0, 0.05) is 6.20 Å². The molecule has 0 unspecified atom stereocenters. The molecule has 90 valence electrons. The molecule has 18 heavy (non-hydrogen) atoms. The van der Waals surface area contributed by atoms with Gasteiger partial charge in [0.05, 0.1) is 6.20 Å². The van der Waals surface area contributed by atoms with Crippen molar-refractivity contribution in [3.63, 3.8) is 0 Å². The van der Waals surface area contributed by atoms with Gasteiger partial charge in [0.25, 0.3) is 0 Å². The Hall–Kier alpha value is -2.15. The first-order valence-electron chi connectivity index (χ1n) is 4.98. The van der Waals surface area contributed by atoms with Gasteiger partial charge in [0.1, 0.15) is 11.3 Å². The van der Waals surface area contributed by atoms with Crippen molar-refractivity contribution in [1.29, 1.82) is 0 Å². The van der Waals surface area contributed by atoms with Crippen molar-refractivity contribution in [3.05, 3.63) is 40.8 Å². The Morgan fingerprint density at radius 2 is 2.22 bits per heavy atom. The molecule has 0 radical (unpaired) electrons. The van der Waals surface area contributed by atoms with Crippen LogP contribution in [0.2, 0.25) is 0 Å². The minimum Gasteiger partial charge on any atom is -0.477 e. The Morgan fingerprint density at radius 3 is 2.89 bits per heavy atom. The van der Waals surface area contributed by atoms with Crippen LogP contribution >= 0.6 is 15.9 Å². The summed E-state index contributed by atoms with van der Waals surface area (Å²) in [7, 11) is 0. The maximum atomic E-state index is 11.0. The summed E-state index contributed by atoms with van der Waals surface area (Å²) in [6.07, 6.45) is 2.79. The molecule has 1 N–H and O–H groups in total. The second-order valence-electron chi connectivity index (χ2n) is 3.53. The van der Waals surface area contributed by atoms with Crippen molar-refractivity contribution >= 4 is 27.5 Å². The standard InChI is InChI=1S/C11H6BrN3O3/c12-9-2-1-8(18-9)7-3-4-13-10-6(11(16)17)5-14-15(7)10/h1-5H,(H,16,17). The Labute approximate surface area is 109 Å². The summed E-state index contributed by atoms with van der Waals surface area (Å²) in [5, 5.41) is 13.0. The maximum Gasteiger partial charge on any atom is 0.341 e. The largest absolute Gasteiger partial charge is 0.477 e. The smallest absolute Gasteiger partial charge is 0.341 e. The van der Waals surface area contributed by atoms with Crippen LogP contribution in [0.3, 0.4) is 0 Å². The highest BCUT2D eigenvalue weighted by molar-refractivity contribution is 9.10. The van der Waals surface area contributed by atoms with Crippen LogP contribution in [0, 0.1) is 0 Å². The van der Waals surface area contributed by atoms with Gasteiger partial charge < -0.3 is 9.52 Å². The lowest BCUT2D eigenvalue weighted by Crippen LogP contribution is -1.99. The summed E-state index contributed by atoms with van der Waals surface area (Å²) in [5.41, 5.74) is 0.980. The molecule has 0 spiro atoms. The van der Waals surface area contributed by atoms with E-state index >= 15 is 0 Å². The van der Waals surface area contributed by atoms with Crippen molar-refractivity contribution in [1.82, 2.24) is 14.6 Å². The summed E-state index contributed by atoms with van der Waals surface area (Å²) in [5.74, 6) is -0.482. The van der Waals surface area contributed by atoms with E-state index in [0.29, 0.717) is 16.1 Å². The van der Waals surface area contributed by atoms with Gasteiger partial charge in [-0.2, -0.15) is 5.10 Å². The molecular formula is C11H6BrN3O3. The van der Waals surface area contributed by atoms with Crippen LogP contribution in [-0.2, 0) is 0 Å². The SMILES string of the molecule is O=C(O)c1cnn2c(-c3ccc(Br)o3)ccnc12. The van der Waals surface area contributed by atoms with Crippen LogP contribution in [0.25, 0.3) is 17.1 Å². The van der Waals surface area contributed by atoms with Gasteiger partial charge in [0.15, 0.2) is 16.1 Å². The average molecular weight is 308 g/mol. The van der Waals surface area contributed by atoms with Crippen molar-refractivity contribution in [2.45, 2.75) is 0 Å². The van der Waals surface area contributed by atoms with Gasteiger partial charge in [-0.25, -0.2) is 14.3 Å². The zero-order valence-electron chi connectivity index (χ0n) is 8.87. The lowest BCUT2D eigenvalue weighted by molar-refractivity contribution is 0.0699. The molecule has 0 fully saturated rings. The van der Waals surface area contributed by atoms with E-state index < -0.39 is 5.97 Å². The normalized spacial score (nSPS) is 10.9. The van der Waals surface area contributed by atoms with Gasteiger partial charge in [0.2, 0.25) is 0 Å². The predicted molar refractivity (Wildman–Crippen MR) is 65.3 cm³/mol. The van der Waals surface area contributed by atoms with E-state index in [-0.39, 0.29) is 11.2 Å². The molecule has 0 bridgehead atoms. The Balaban J connectivity index is 2.28. The number of carbonyl (C=O) groups is 1. The molecule has 0 aliphatic carbocycles. The minimum absolute atomic E-state index is 0.0578. The highest BCUT2D eigenvalue weighted by Crippen LogP contribution is 2.25. The number of rotatable bonds is 2. The zero-order chi connectivity index (χ0) is 12.7. The predicted octanol–water partition coefficient (Wildman–Crippen LogP) is 2.45. The van der Waals surface area contributed by atoms with E-state index in [1.54, 1.807) is 18.2 Å². The van der Waals surface area contributed by atoms with Crippen LogP contribution in [0.1, 0.15) is 10.4 Å². The number of furan rings is 1. The molecule has 0 aromatic carbocycles. The van der Waals surface area contributed by atoms with Gasteiger partial charge in [-0.05, 0) is 34.1 Å². The molecule has 0 saturated heterocycles. The van der Waals surface area contributed by atoms with Gasteiger partial charge in [-0.1, -0.05) is 0 Å². The molecule has 0 amide bonds. The number of carboxylic acid groups (broad SMARTS) is 1. The third kappa shape index (κ3) is 1.60. The highest BCUT2D eigenvalue weighted by atomic mass is 79.9. The minimum atomic E-state index is -1.06. The first-order valence-corrected chi connectivity index (χ1v) is 5.78. The van der Waals surface area contributed by atoms with Crippen LogP contribution in [0.15, 0.2) is 39.7 Å². The fraction of sp³-hybridized carbons (Fsp3) is 0. The number of carboxylic acids is 1. The fourth-order valence-electron chi connectivity index (χ4n) is 1.68. The van der Waals surface area contributed by atoms with Crippen molar-refractivity contribution < 1.29 is 14.3 Å². The van der Waals surface area contributed by atoms with Crippen molar-refractivity contribution in [2.24, 2.45) is 0 Å². The lowest BCUT2D eigenvalue weighted by atomic mass is 10.3. The summed E-state index contributed by atoms with van der Waals surface area (Å²) < 4.78 is 7.46. The molecule has 0 aliphatic heterocycles. The molecule has 0 saturated carbocycles. The number of fused-ring (bicyclic) bond motifs is 1. The summed E-state index contributed by atoms with van der Waals surface area (Å²) in [4.78, 5) is 15.0. The molecule has 0 aliphatic rings. The van der Waals surface area contributed by atoms with E-state index in [9.17, 15) is 4.79 Å². The molecule has 7 heteroatoms. The molecule has 6 nitrogen and oxygen atoms in total. The summed E-state index contributed by atoms with van der Waals surface area (Å²) in [6, 6.07) is 5.22. The third-order valence-electron chi connectivity index (χ3n) is 2.46. The second kappa shape index (κ2) is 3.95. The van der Waals surface area contributed by atoms with E-state index in [2.05, 4.69) is 26.0 Å². The van der Waals surface area contributed by atoms with E-state index in [0.717, 1.165) is 0 Å². The van der Waals surface area contributed by atoms with E-state index in [1.807, 2.05) is 0 Å². The highest BCUT2D eigenvalue weighted by Gasteiger charge is 2.16. The average Bonchev–Trinajstić information content (AvgIpc) is 2.94. The second-order valence-corrected chi connectivity index (χ2v) is 4.31. The topological polar surface area (TPSA) is 80.6 Å². The lowest BCUT2D eigenvalue weighted by Gasteiger charge is -2.00. The molecule has 0 atom stereocenters. The summed E-state index contributed by atoms with van der Waals surface area (Å²) in [6.45, 7) is 0. The Morgan fingerprint density at radius 1 is 1.39 bits per heavy atom. The fourth-order valence-corrected chi connectivity index (χ4v) is 1.99. The molecule has 3 aromatic heterocycles.